The molecule has 0 aliphatic rings. The van der Waals surface area contributed by atoms with Gasteiger partial charge in [-0.05, 0) is 24.3 Å². The Morgan fingerprint density at radius 3 is 2.64 bits per heavy atom. The SMILES string of the molecule is Cn1cnnc1-c1ccccc1NS(=O)(=O)c1ccc(Cl)s1. The van der Waals surface area contributed by atoms with Gasteiger partial charge in [0.2, 0.25) is 0 Å². The monoisotopic (exact) mass is 354 g/mol. The van der Waals surface area contributed by atoms with E-state index in [1.54, 1.807) is 42.2 Å². The van der Waals surface area contributed by atoms with Gasteiger partial charge in [0.05, 0.1) is 10.0 Å². The second-order valence-corrected chi connectivity index (χ2v) is 8.10. The highest BCUT2D eigenvalue weighted by Crippen LogP contribution is 2.31. The number of thiophene rings is 1. The lowest BCUT2D eigenvalue weighted by molar-refractivity contribution is 0.603. The summed E-state index contributed by atoms with van der Waals surface area (Å²) in [6, 6.07) is 10.0. The number of nitrogens with zero attached hydrogens (tertiary/aromatic N) is 3. The highest BCUT2D eigenvalue weighted by molar-refractivity contribution is 7.94. The molecule has 114 valence electrons. The standard InChI is InChI=1S/C13H11ClN4O2S2/c1-18-8-15-16-13(18)9-4-2-3-5-10(9)17-22(19,20)12-7-6-11(14)21-12/h2-8,17H,1H3. The maximum absolute atomic E-state index is 12.4. The Bertz CT molecular complexity index is 918. The molecular weight excluding hydrogens is 344 g/mol. The van der Waals surface area contributed by atoms with Crippen LogP contribution in [0.2, 0.25) is 4.34 Å². The van der Waals surface area contributed by atoms with E-state index in [1.165, 1.54) is 6.07 Å². The van der Waals surface area contributed by atoms with Crippen molar-refractivity contribution in [3.05, 3.63) is 47.1 Å². The van der Waals surface area contributed by atoms with Crippen molar-refractivity contribution < 1.29 is 8.42 Å². The molecule has 0 fully saturated rings. The maximum Gasteiger partial charge on any atom is 0.271 e. The number of nitrogens with one attached hydrogen (secondary N) is 1. The van der Waals surface area contributed by atoms with Gasteiger partial charge in [-0.2, -0.15) is 0 Å². The largest absolute Gasteiger partial charge is 0.317 e. The predicted molar refractivity (Wildman–Crippen MR) is 86.6 cm³/mol. The minimum Gasteiger partial charge on any atom is -0.317 e. The summed E-state index contributed by atoms with van der Waals surface area (Å²) in [7, 11) is -1.90. The lowest BCUT2D eigenvalue weighted by atomic mass is 10.2. The molecule has 0 bridgehead atoms. The Labute approximate surface area is 136 Å². The predicted octanol–water partition coefficient (Wildman–Crippen LogP) is 3.00. The summed E-state index contributed by atoms with van der Waals surface area (Å²) in [5.74, 6) is 0.572. The van der Waals surface area contributed by atoms with Gasteiger partial charge >= 0.3 is 0 Å². The number of hydrogen-bond donors (Lipinski definition) is 1. The molecule has 3 aromatic rings. The summed E-state index contributed by atoms with van der Waals surface area (Å²) in [6.45, 7) is 0. The van der Waals surface area contributed by atoms with Crippen LogP contribution in [-0.2, 0) is 17.1 Å². The summed E-state index contributed by atoms with van der Waals surface area (Å²) >= 11 is 6.81. The van der Waals surface area contributed by atoms with Crippen LogP contribution in [0.4, 0.5) is 5.69 Å². The zero-order valence-corrected chi connectivity index (χ0v) is 13.8. The topological polar surface area (TPSA) is 76.9 Å². The molecule has 0 unspecified atom stereocenters. The van der Waals surface area contributed by atoms with Crippen LogP contribution < -0.4 is 4.72 Å². The normalized spacial score (nSPS) is 11.5. The maximum atomic E-state index is 12.4. The third-order valence-corrected chi connectivity index (χ3v) is 6.03. The molecular formula is C13H11ClN4O2S2. The third-order valence-electron chi connectivity index (χ3n) is 2.94. The van der Waals surface area contributed by atoms with E-state index in [0.29, 0.717) is 21.4 Å². The number of anilines is 1. The van der Waals surface area contributed by atoms with Crippen molar-refractivity contribution in [1.29, 1.82) is 0 Å². The Hall–Kier alpha value is -1.90. The number of para-hydroxylation sites is 1. The first-order valence-corrected chi connectivity index (χ1v) is 8.87. The van der Waals surface area contributed by atoms with E-state index in [4.69, 9.17) is 11.6 Å². The van der Waals surface area contributed by atoms with E-state index >= 15 is 0 Å². The van der Waals surface area contributed by atoms with Crippen LogP contribution in [0.5, 0.6) is 0 Å². The zero-order valence-electron chi connectivity index (χ0n) is 11.4. The van der Waals surface area contributed by atoms with Gasteiger partial charge in [0.1, 0.15) is 10.5 Å². The number of halogens is 1. The van der Waals surface area contributed by atoms with Crippen molar-refractivity contribution in [2.24, 2.45) is 7.05 Å². The first-order chi connectivity index (χ1) is 10.5. The molecule has 1 N–H and O–H groups in total. The Morgan fingerprint density at radius 1 is 1.23 bits per heavy atom. The van der Waals surface area contributed by atoms with Gasteiger partial charge in [-0.1, -0.05) is 23.7 Å². The molecule has 0 amide bonds. The van der Waals surface area contributed by atoms with Gasteiger partial charge in [0.25, 0.3) is 10.0 Å². The second kappa shape index (κ2) is 5.71. The molecule has 2 aromatic heterocycles. The molecule has 0 saturated heterocycles. The van der Waals surface area contributed by atoms with Gasteiger partial charge in [-0.25, -0.2) is 8.42 Å². The van der Waals surface area contributed by atoms with Crippen molar-refractivity contribution in [3.8, 4) is 11.4 Å². The average molecular weight is 355 g/mol. The summed E-state index contributed by atoms with van der Waals surface area (Å²) < 4.78 is 29.7. The third kappa shape index (κ3) is 2.85. The smallest absolute Gasteiger partial charge is 0.271 e. The molecule has 9 heteroatoms. The van der Waals surface area contributed by atoms with Crippen LogP contribution in [0.1, 0.15) is 0 Å². The minimum absolute atomic E-state index is 0.158. The summed E-state index contributed by atoms with van der Waals surface area (Å²) in [4.78, 5) is 0. The fourth-order valence-corrected chi connectivity index (χ4v) is 4.49. The highest BCUT2D eigenvalue weighted by Gasteiger charge is 2.19. The molecule has 0 radical (unpaired) electrons. The van der Waals surface area contributed by atoms with Crippen molar-refractivity contribution in [3.63, 3.8) is 0 Å². The summed E-state index contributed by atoms with van der Waals surface area (Å²) in [5, 5.41) is 7.83. The van der Waals surface area contributed by atoms with E-state index in [0.717, 1.165) is 11.3 Å². The van der Waals surface area contributed by atoms with E-state index in [1.807, 2.05) is 6.07 Å². The van der Waals surface area contributed by atoms with Crippen LogP contribution in [-0.4, -0.2) is 23.2 Å². The van der Waals surface area contributed by atoms with E-state index in [-0.39, 0.29) is 4.21 Å². The van der Waals surface area contributed by atoms with Crippen molar-refractivity contribution in [2.45, 2.75) is 4.21 Å². The fourth-order valence-electron chi connectivity index (χ4n) is 1.93. The average Bonchev–Trinajstić information content (AvgIpc) is 3.08. The zero-order chi connectivity index (χ0) is 15.7. The van der Waals surface area contributed by atoms with Gasteiger partial charge in [-0.3, -0.25) is 4.72 Å². The molecule has 2 heterocycles. The first-order valence-electron chi connectivity index (χ1n) is 6.19. The van der Waals surface area contributed by atoms with Crippen molar-refractivity contribution in [1.82, 2.24) is 14.8 Å². The van der Waals surface area contributed by atoms with E-state index < -0.39 is 10.0 Å². The Kier molecular flexibility index (Phi) is 3.90. The van der Waals surface area contributed by atoms with Crippen molar-refractivity contribution in [2.75, 3.05) is 4.72 Å². The number of aromatic nitrogens is 3. The van der Waals surface area contributed by atoms with Crippen LogP contribution in [0, 0.1) is 0 Å². The minimum atomic E-state index is -3.69. The molecule has 0 aliphatic heterocycles. The van der Waals surface area contributed by atoms with E-state index in [2.05, 4.69) is 14.9 Å². The molecule has 0 saturated carbocycles. The van der Waals surface area contributed by atoms with Crippen molar-refractivity contribution >= 4 is 38.6 Å². The van der Waals surface area contributed by atoms with E-state index in [9.17, 15) is 8.42 Å². The molecule has 3 rings (SSSR count). The summed E-state index contributed by atoms with van der Waals surface area (Å²) in [5.41, 5.74) is 1.08. The number of benzene rings is 1. The lowest BCUT2D eigenvalue weighted by Gasteiger charge is -2.11. The fraction of sp³-hybridized carbons (Fsp3) is 0.0769. The molecule has 22 heavy (non-hydrogen) atoms. The number of sulfonamides is 1. The first kappa shape index (κ1) is 15.0. The quantitative estimate of drug-likeness (QED) is 0.781. The molecule has 6 nitrogen and oxygen atoms in total. The summed E-state index contributed by atoms with van der Waals surface area (Å²) in [6.07, 6.45) is 1.56. The van der Waals surface area contributed by atoms with Crippen LogP contribution in [0.25, 0.3) is 11.4 Å². The van der Waals surface area contributed by atoms with Gasteiger partial charge in [-0.15, -0.1) is 21.5 Å². The lowest BCUT2D eigenvalue weighted by Crippen LogP contribution is -2.12. The van der Waals surface area contributed by atoms with Crippen LogP contribution >= 0.6 is 22.9 Å². The number of hydrogen-bond acceptors (Lipinski definition) is 5. The van der Waals surface area contributed by atoms with Crippen LogP contribution in [0.15, 0.2) is 46.9 Å². The molecule has 0 atom stereocenters. The van der Waals surface area contributed by atoms with Gasteiger partial charge in [0, 0.05) is 12.6 Å². The Morgan fingerprint density at radius 2 is 2.00 bits per heavy atom. The Balaban J connectivity index is 2.02. The molecule has 0 aliphatic carbocycles. The molecule has 0 spiro atoms. The number of rotatable bonds is 4. The molecule has 1 aromatic carbocycles. The highest BCUT2D eigenvalue weighted by atomic mass is 35.5. The van der Waals surface area contributed by atoms with Crippen LogP contribution in [0.3, 0.4) is 0 Å². The number of aryl methyl sites for hydroxylation is 1. The van der Waals surface area contributed by atoms with Gasteiger partial charge in [0.15, 0.2) is 5.82 Å². The second-order valence-electron chi connectivity index (χ2n) is 4.48. The van der Waals surface area contributed by atoms with Gasteiger partial charge < -0.3 is 4.57 Å².